The molecule has 10 heteroatoms. The lowest BCUT2D eigenvalue weighted by Gasteiger charge is -2.26. The average Bonchev–Trinajstić information content (AvgIpc) is 2.76. The molecule has 0 radical (unpaired) electrons. The van der Waals surface area contributed by atoms with Crippen molar-refractivity contribution in [2.75, 3.05) is 10.6 Å². The third kappa shape index (κ3) is 6.24. The molecule has 2 N–H and O–H groups in total. The summed E-state index contributed by atoms with van der Waals surface area (Å²) in [6.45, 7) is 3.12. The molecular weight excluding hydrogens is 513 g/mol. The van der Waals surface area contributed by atoms with Crippen LogP contribution in [0.25, 0.3) is 5.57 Å². The molecule has 186 valence electrons. The average molecular weight is 533 g/mol. The summed E-state index contributed by atoms with van der Waals surface area (Å²) >= 11 is 12.2. The Labute approximate surface area is 208 Å². The van der Waals surface area contributed by atoms with Crippen LogP contribution in [0, 0.1) is 0 Å². The second-order valence-corrected chi connectivity index (χ2v) is 8.53. The van der Waals surface area contributed by atoms with Gasteiger partial charge in [-0.25, -0.2) is 0 Å². The Morgan fingerprint density at radius 3 is 1.71 bits per heavy atom. The number of nitrogens with one attached hydrogen (secondary N) is 2. The molecule has 0 amide bonds. The van der Waals surface area contributed by atoms with Gasteiger partial charge in [-0.1, -0.05) is 65.7 Å². The number of alkyl halides is 6. The molecular formula is C25H20Cl2F6N2. The van der Waals surface area contributed by atoms with Crippen molar-refractivity contribution in [3.05, 3.63) is 99.2 Å². The summed E-state index contributed by atoms with van der Waals surface area (Å²) in [5.41, 5.74) is -1.35. The monoisotopic (exact) mass is 532 g/mol. The molecule has 0 bridgehead atoms. The van der Waals surface area contributed by atoms with E-state index in [1.807, 2.05) is 0 Å². The molecule has 0 saturated heterocycles. The predicted molar refractivity (Wildman–Crippen MR) is 129 cm³/mol. The largest absolute Gasteiger partial charge is 0.418 e. The van der Waals surface area contributed by atoms with Crippen LogP contribution < -0.4 is 10.6 Å². The van der Waals surface area contributed by atoms with E-state index in [9.17, 15) is 26.3 Å². The molecule has 0 aliphatic carbocycles. The first-order valence-corrected chi connectivity index (χ1v) is 11.1. The molecule has 2 nitrogen and oxygen atoms in total. The van der Waals surface area contributed by atoms with Crippen molar-refractivity contribution in [2.24, 2.45) is 0 Å². The number of halogens is 8. The number of hydrogen-bond donors (Lipinski definition) is 2. The molecule has 0 aliphatic rings. The van der Waals surface area contributed by atoms with Crippen LogP contribution in [-0.2, 0) is 12.4 Å². The van der Waals surface area contributed by atoms with E-state index in [1.165, 1.54) is 31.2 Å². The van der Waals surface area contributed by atoms with Crippen LogP contribution in [0.2, 0.25) is 10.0 Å². The summed E-state index contributed by atoms with van der Waals surface area (Å²) < 4.78 is 81.6. The summed E-state index contributed by atoms with van der Waals surface area (Å²) in [7, 11) is 0. The van der Waals surface area contributed by atoms with E-state index in [1.54, 1.807) is 37.3 Å². The van der Waals surface area contributed by atoms with Crippen LogP contribution in [0.4, 0.5) is 37.7 Å². The van der Waals surface area contributed by atoms with Gasteiger partial charge in [0, 0.05) is 11.3 Å². The Balaban J connectivity index is 2.12. The van der Waals surface area contributed by atoms with Gasteiger partial charge in [0.05, 0.1) is 38.6 Å². The maximum absolute atomic E-state index is 13.6. The van der Waals surface area contributed by atoms with Crippen LogP contribution in [0.15, 0.2) is 72.4 Å². The van der Waals surface area contributed by atoms with Crippen molar-refractivity contribution in [2.45, 2.75) is 32.2 Å². The third-order valence-corrected chi connectivity index (χ3v) is 5.86. The number of anilines is 2. The standard InChI is InChI=1S/C25H20Cl2F6N2/c1-14(34-22-17(24(28,29)30)10-6-12-19(22)26)21(16-8-4-3-5-9-16)15(2)35-23-18(25(31,32)33)11-7-13-20(23)27/h3-14,34-35H,1-2H3. The van der Waals surface area contributed by atoms with Gasteiger partial charge in [0.15, 0.2) is 0 Å². The summed E-state index contributed by atoms with van der Waals surface area (Å²) in [6, 6.07) is 14.6. The van der Waals surface area contributed by atoms with E-state index in [0.29, 0.717) is 11.1 Å². The number of para-hydroxylation sites is 2. The lowest BCUT2D eigenvalue weighted by atomic mass is 9.96. The first-order valence-electron chi connectivity index (χ1n) is 10.3. The highest BCUT2D eigenvalue weighted by Crippen LogP contribution is 2.41. The molecule has 0 aromatic heterocycles. The normalized spacial score (nSPS) is 13.8. The minimum atomic E-state index is -4.68. The van der Waals surface area contributed by atoms with Gasteiger partial charge in [-0.3, -0.25) is 0 Å². The molecule has 0 fully saturated rings. The lowest BCUT2D eigenvalue weighted by Crippen LogP contribution is -2.23. The Hall–Kier alpha value is -2.84. The van der Waals surface area contributed by atoms with Gasteiger partial charge in [0.2, 0.25) is 0 Å². The van der Waals surface area contributed by atoms with Crippen LogP contribution in [0.1, 0.15) is 30.5 Å². The molecule has 35 heavy (non-hydrogen) atoms. The van der Waals surface area contributed by atoms with Gasteiger partial charge in [0.25, 0.3) is 0 Å². The number of benzene rings is 3. The van der Waals surface area contributed by atoms with E-state index in [4.69, 9.17) is 23.2 Å². The van der Waals surface area contributed by atoms with Crippen molar-refractivity contribution in [1.29, 1.82) is 0 Å². The Bertz CT molecular complexity index is 1220. The molecule has 3 rings (SSSR count). The van der Waals surface area contributed by atoms with Crippen molar-refractivity contribution in [1.82, 2.24) is 0 Å². The molecule has 0 heterocycles. The molecule has 0 spiro atoms. The lowest BCUT2D eigenvalue weighted by molar-refractivity contribution is -0.137. The molecule has 3 aromatic rings. The molecule has 1 unspecified atom stereocenters. The van der Waals surface area contributed by atoms with Crippen molar-refractivity contribution in [3.8, 4) is 0 Å². The highest BCUT2D eigenvalue weighted by molar-refractivity contribution is 6.33. The minimum absolute atomic E-state index is 0.143. The topological polar surface area (TPSA) is 24.1 Å². The Morgan fingerprint density at radius 1 is 0.714 bits per heavy atom. The van der Waals surface area contributed by atoms with Gasteiger partial charge < -0.3 is 10.6 Å². The van der Waals surface area contributed by atoms with Crippen LogP contribution in [0.5, 0.6) is 0 Å². The van der Waals surface area contributed by atoms with Crippen LogP contribution in [-0.4, -0.2) is 6.04 Å². The molecule has 0 saturated carbocycles. The second kappa shape index (κ2) is 10.4. The fourth-order valence-electron chi connectivity index (χ4n) is 3.75. The predicted octanol–water partition coefficient (Wildman–Crippen LogP) is 9.37. The van der Waals surface area contributed by atoms with Crippen molar-refractivity contribution in [3.63, 3.8) is 0 Å². The summed E-state index contributed by atoms with van der Waals surface area (Å²) in [5, 5.41) is 5.25. The highest BCUT2D eigenvalue weighted by Gasteiger charge is 2.36. The number of rotatable bonds is 6. The SMILES string of the molecule is CC(Nc1c(Cl)cccc1C(F)(F)F)=C(c1ccccc1)C(C)Nc1c(Cl)cccc1C(F)(F)F. The third-order valence-electron chi connectivity index (χ3n) is 5.23. The first-order chi connectivity index (χ1) is 16.3. The fraction of sp³-hybridized carbons (Fsp3) is 0.200. The molecule has 0 aliphatic heterocycles. The number of hydrogen-bond acceptors (Lipinski definition) is 2. The summed E-state index contributed by atoms with van der Waals surface area (Å²) in [5.74, 6) is 0. The van der Waals surface area contributed by atoms with Gasteiger partial charge in [-0.05, 0) is 43.7 Å². The maximum atomic E-state index is 13.6. The van der Waals surface area contributed by atoms with Gasteiger partial charge in [0.1, 0.15) is 0 Å². The number of allylic oxidation sites excluding steroid dienone is 1. The smallest absolute Gasteiger partial charge is 0.377 e. The summed E-state index contributed by atoms with van der Waals surface area (Å²) in [4.78, 5) is 0. The van der Waals surface area contributed by atoms with E-state index < -0.39 is 29.5 Å². The summed E-state index contributed by atoms with van der Waals surface area (Å²) in [6.07, 6.45) is -9.35. The zero-order valence-electron chi connectivity index (χ0n) is 18.5. The van der Waals surface area contributed by atoms with Crippen molar-refractivity contribution >= 4 is 40.1 Å². The zero-order chi connectivity index (χ0) is 26.0. The van der Waals surface area contributed by atoms with Crippen LogP contribution >= 0.6 is 23.2 Å². The fourth-order valence-corrected chi connectivity index (χ4v) is 4.20. The first kappa shape index (κ1) is 26.8. The van der Waals surface area contributed by atoms with E-state index in [2.05, 4.69) is 10.6 Å². The van der Waals surface area contributed by atoms with Crippen LogP contribution in [0.3, 0.4) is 0 Å². The molecule has 3 aromatic carbocycles. The Morgan fingerprint density at radius 2 is 1.20 bits per heavy atom. The van der Waals surface area contributed by atoms with Gasteiger partial charge >= 0.3 is 12.4 Å². The van der Waals surface area contributed by atoms with E-state index in [-0.39, 0.29) is 27.1 Å². The van der Waals surface area contributed by atoms with E-state index >= 15 is 0 Å². The van der Waals surface area contributed by atoms with Gasteiger partial charge in [-0.2, -0.15) is 26.3 Å². The molecule has 1 atom stereocenters. The zero-order valence-corrected chi connectivity index (χ0v) is 20.0. The highest BCUT2D eigenvalue weighted by atomic mass is 35.5. The minimum Gasteiger partial charge on any atom is -0.377 e. The van der Waals surface area contributed by atoms with Gasteiger partial charge in [-0.15, -0.1) is 0 Å². The quantitative estimate of drug-likeness (QED) is 0.309. The van der Waals surface area contributed by atoms with Crippen molar-refractivity contribution < 1.29 is 26.3 Å². The van der Waals surface area contributed by atoms with E-state index in [0.717, 1.165) is 12.1 Å². The second-order valence-electron chi connectivity index (χ2n) is 7.72. The maximum Gasteiger partial charge on any atom is 0.418 e. The Kier molecular flexibility index (Phi) is 7.97.